The molecule has 0 aliphatic carbocycles. The number of anilines is 1. The van der Waals surface area contributed by atoms with Crippen LogP contribution in [0.25, 0.3) is 0 Å². The topological polar surface area (TPSA) is 79.7 Å². The third kappa shape index (κ3) is 6.21. The molecule has 2 amide bonds. The zero-order valence-corrected chi connectivity index (χ0v) is 23.7. The number of urea groups is 1. The highest BCUT2D eigenvalue weighted by atomic mass is 35.5. The van der Waals surface area contributed by atoms with Crippen LogP contribution in [0, 0.1) is 18.7 Å². The molecule has 8 nitrogen and oxygen atoms in total. The van der Waals surface area contributed by atoms with Crippen molar-refractivity contribution in [2.45, 2.75) is 32.0 Å². The van der Waals surface area contributed by atoms with E-state index < -0.39 is 29.7 Å². The minimum absolute atomic E-state index is 0.0307. The van der Waals surface area contributed by atoms with Gasteiger partial charge in [0.1, 0.15) is 11.6 Å². The molecule has 4 heterocycles. The fourth-order valence-corrected chi connectivity index (χ4v) is 6.36. The zero-order chi connectivity index (χ0) is 29.3. The van der Waals surface area contributed by atoms with Gasteiger partial charge in [0.2, 0.25) is 0 Å². The summed E-state index contributed by atoms with van der Waals surface area (Å²) in [4.78, 5) is 30.5. The molecule has 2 saturated heterocycles. The number of hydrogen-bond donors (Lipinski definition) is 1. The molecule has 0 saturated carbocycles. The molecule has 14 heteroatoms. The second kappa shape index (κ2) is 12.0. The van der Waals surface area contributed by atoms with E-state index in [-0.39, 0.29) is 49.2 Å². The molecule has 41 heavy (non-hydrogen) atoms. The van der Waals surface area contributed by atoms with E-state index in [9.17, 15) is 27.2 Å². The molecule has 2 unspecified atom stereocenters. The lowest BCUT2D eigenvalue weighted by Crippen LogP contribution is -2.53. The summed E-state index contributed by atoms with van der Waals surface area (Å²) in [5.41, 5.74) is 0.0735. The Kier molecular flexibility index (Phi) is 8.57. The number of morpholine rings is 1. The van der Waals surface area contributed by atoms with Gasteiger partial charge in [-0.25, -0.2) is 9.18 Å². The fourth-order valence-electron chi connectivity index (χ4n) is 5.34. The van der Waals surface area contributed by atoms with Crippen molar-refractivity contribution in [1.82, 2.24) is 19.6 Å². The van der Waals surface area contributed by atoms with Crippen molar-refractivity contribution in [1.29, 1.82) is 0 Å². The molecule has 220 valence electrons. The van der Waals surface area contributed by atoms with E-state index in [4.69, 9.17) is 16.3 Å². The van der Waals surface area contributed by atoms with Gasteiger partial charge in [-0.3, -0.25) is 4.79 Å². The number of nitrogens with zero attached hydrogens (tertiary/aromatic N) is 4. The molecule has 2 fully saturated rings. The van der Waals surface area contributed by atoms with Crippen LogP contribution in [0.4, 0.5) is 28.2 Å². The van der Waals surface area contributed by atoms with E-state index >= 15 is 0 Å². The van der Waals surface area contributed by atoms with E-state index in [0.29, 0.717) is 36.2 Å². The summed E-state index contributed by atoms with van der Waals surface area (Å²) in [7, 11) is 0. The monoisotopic (exact) mass is 613 g/mol. The van der Waals surface area contributed by atoms with Crippen LogP contribution in [0.1, 0.15) is 38.8 Å². The molecule has 5 rings (SSSR count). The van der Waals surface area contributed by atoms with Gasteiger partial charge in [0.15, 0.2) is 0 Å². The van der Waals surface area contributed by atoms with Gasteiger partial charge in [0.25, 0.3) is 5.91 Å². The fraction of sp³-hybridized carbons (Fsp3) is 0.444. The molecular weight excluding hydrogens is 586 g/mol. The van der Waals surface area contributed by atoms with Crippen LogP contribution in [0.2, 0.25) is 4.34 Å². The van der Waals surface area contributed by atoms with Crippen molar-refractivity contribution in [3.05, 3.63) is 68.2 Å². The molecule has 1 aromatic carbocycles. The largest absolute Gasteiger partial charge is 0.392 e. The predicted octanol–water partition coefficient (Wildman–Crippen LogP) is 5.77. The molecule has 0 bridgehead atoms. The van der Waals surface area contributed by atoms with E-state index in [1.807, 2.05) is 0 Å². The highest BCUT2D eigenvalue weighted by molar-refractivity contribution is 7.16. The number of amides is 2. The van der Waals surface area contributed by atoms with E-state index in [0.717, 1.165) is 15.6 Å². The number of hydrogen-bond acceptors (Lipinski definition) is 6. The van der Waals surface area contributed by atoms with Crippen molar-refractivity contribution in [2.75, 3.05) is 44.7 Å². The number of piperidine rings is 1. The lowest BCUT2D eigenvalue weighted by molar-refractivity contribution is -0.190. The first-order valence-electron chi connectivity index (χ1n) is 13.1. The summed E-state index contributed by atoms with van der Waals surface area (Å²) in [5, 5.41) is 7.49. The van der Waals surface area contributed by atoms with Gasteiger partial charge in [-0.2, -0.15) is 23.0 Å². The Bertz CT molecular complexity index is 1420. The van der Waals surface area contributed by atoms with Gasteiger partial charge in [0.05, 0.1) is 41.3 Å². The van der Waals surface area contributed by atoms with Gasteiger partial charge in [-0.05, 0) is 37.6 Å². The first-order chi connectivity index (χ1) is 19.5. The number of alkyl halides is 3. The van der Waals surface area contributed by atoms with Crippen LogP contribution < -0.4 is 5.32 Å². The number of rotatable bonds is 5. The minimum Gasteiger partial charge on any atom is -0.378 e. The summed E-state index contributed by atoms with van der Waals surface area (Å²) in [5.74, 6) is -4.48. The third-order valence-electron chi connectivity index (χ3n) is 7.45. The highest BCUT2D eigenvalue weighted by Gasteiger charge is 2.50. The first-order valence-corrected chi connectivity index (χ1v) is 14.3. The molecule has 2 aliphatic rings. The number of benzene rings is 1. The van der Waals surface area contributed by atoms with E-state index in [1.54, 1.807) is 24.0 Å². The first kappa shape index (κ1) is 29.3. The number of carbonyl (C=O) groups is 2. The average Bonchev–Trinajstić information content (AvgIpc) is 3.53. The smallest absolute Gasteiger partial charge is 0.378 e. The van der Waals surface area contributed by atoms with Crippen LogP contribution in [0.5, 0.6) is 0 Å². The van der Waals surface area contributed by atoms with Crippen LogP contribution in [-0.4, -0.2) is 77.1 Å². The van der Waals surface area contributed by atoms with E-state index in [1.165, 1.54) is 34.4 Å². The molecule has 0 spiro atoms. The predicted molar refractivity (Wildman–Crippen MR) is 146 cm³/mol. The Hall–Kier alpha value is -3.16. The maximum Gasteiger partial charge on any atom is 0.392 e. The number of nitrogens with one attached hydrogen (secondary N) is 1. The molecule has 2 aromatic heterocycles. The molecule has 3 aromatic rings. The number of thiophene rings is 1. The van der Waals surface area contributed by atoms with Crippen molar-refractivity contribution in [3.8, 4) is 0 Å². The number of carbonyl (C=O) groups excluding carboxylic acids is 2. The lowest BCUT2D eigenvalue weighted by Gasteiger charge is -2.41. The van der Waals surface area contributed by atoms with Crippen molar-refractivity contribution < 1.29 is 31.9 Å². The summed E-state index contributed by atoms with van der Waals surface area (Å²) in [6.07, 6.45) is -4.87. The summed E-state index contributed by atoms with van der Waals surface area (Å²) < 4.78 is 64.4. The van der Waals surface area contributed by atoms with Crippen molar-refractivity contribution in [3.63, 3.8) is 0 Å². The van der Waals surface area contributed by atoms with Crippen LogP contribution in [0.3, 0.4) is 0 Å². The summed E-state index contributed by atoms with van der Waals surface area (Å²) in [6, 6.07) is 8.48. The third-order valence-corrected chi connectivity index (χ3v) is 8.68. The Balaban J connectivity index is 1.53. The summed E-state index contributed by atoms with van der Waals surface area (Å²) >= 11 is 7.34. The van der Waals surface area contributed by atoms with Crippen LogP contribution in [-0.2, 0) is 11.3 Å². The Morgan fingerprint density at radius 3 is 2.51 bits per heavy atom. The molecule has 2 atom stereocenters. The molecular formula is C27H28ClF4N5O3S. The van der Waals surface area contributed by atoms with Crippen molar-refractivity contribution >= 4 is 40.7 Å². The number of aromatic nitrogens is 2. The Morgan fingerprint density at radius 1 is 1.12 bits per heavy atom. The summed E-state index contributed by atoms with van der Waals surface area (Å²) in [6.45, 7) is 2.93. The quantitative estimate of drug-likeness (QED) is 0.370. The minimum atomic E-state index is -4.56. The Morgan fingerprint density at radius 2 is 1.85 bits per heavy atom. The Labute approximate surface area is 242 Å². The van der Waals surface area contributed by atoms with Gasteiger partial charge >= 0.3 is 12.2 Å². The molecule has 0 radical (unpaired) electrons. The van der Waals surface area contributed by atoms with Gasteiger partial charge in [-0.15, -0.1) is 11.3 Å². The second-order valence-electron chi connectivity index (χ2n) is 9.99. The van der Waals surface area contributed by atoms with Gasteiger partial charge in [0, 0.05) is 42.5 Å². The molecule has 2 aliphatic heterocycles. The van der Waals surface area contributed by atoms with Crippen molar-refractivity contribution in [2.24, 2.45) is 5.92 Å². The second-order valence-corrected chi connectivity index (χ2v) is 11.8. The standard InChI is InChI=1S/C27H28ClF4N5O3S/c1-16-23(19-15-36(9-8-20(19)27(30,31)32)26(39)35-10-12-40-13-11-35)34-37(25(38)18-4-2-3-5-21(18)29)24(16)33-14-17-6-7-22(28)41-17/h2-7,19-20,33H,8-15H2,1H3. The maximum absolute atomic E-state index is 14.6. The maximum atomic E-state index is 14.6. The highest BCUT2D eigenvalue weighted by Crippen LogP contribution is 2.44. The van der Waals surface area contributed by atoms with Gasteiger partial charge in [-0.1, -0.05) is 23.7 Å². The molecule has 1 N–H and O–H groups in total. The SMILES string of the molecule is Cc1c(C2CN(C(=O)N3CCOCC3)CCC2C(F)(F)F)nn(C(=O)c2ccccc2F)c1NCc1ccc(Cl)s1. The number of halogens is 5. The van der Waals surface area contributed by atoms with Crippen LogP contribution in [0.15, 0.2) is 36.4 Å². The zero-order valence-electron chi connectivity index (χ0n) is 22.1. The van der Waals surface area contributed by atoms with Crippen LogP contribution >= 0.6 is 22.9 Å². The average molecular weight is 614 g/mol. The normalized spacial score (nSPS) is 19.9. The van der Waals surface area contributed by atoms with Gasteiger partial charge < -0.3 is 19.9 Å². The number of ether oxygens (including phenoxy) is 1. The number of likely N-dealkylation sites (tertiary alicyclic amines) is 1. The lowest BCUT2D eigenvalue weighted by atomic mass is 9.81. The van der Waals surface area contributed by atoms with E-state index in [2.05, 4.69) is 10.4 Å².